The molecule has 1 amide bonds. The predicted octanol–water partition coefficient (Wildman–Crippen LogP) is 2.74. The molecule has 1 aliphatic heterocycles. The molecule has 3 nitrogen and oxygen atoms in total. The molecule has 1 aliphatic rings. The third-order valence-corrected chi connectivity index (χ3v) is 4.10. The highest BCUT2D eigenvalue weighted by Gasteiger charge is 2.28. The predicted molar refractivity (Wildman–Crippen MR) is 69.8 cm³/mol. The molecule has 1 unspecified atom stereocenters. The Bertz CT molecular complexity index is 484. The van der Waals surface area contributed by atoms with Crippen molar-refractivity contribution in [1.82, 2.24) is 0 Å². The van der Waals surface area contributed by atoms with Crippen LogP contribution < -0.4 is 4.90 Å². The highest BCUT2D eigenvalue weighted by molar-refractivity contribution is 8.00. The molecule has 0 saturated heterocycles. The van der Waals surface area contributed by atoms with Crippen LogP contribution >= 0.6 is 11.8 Å². The lowest BCUT2D eigenvalue weighted by Gasteiger charge is -2.29. The molecule has 0 spiro atoms. The second-order valence-corrected chi connectivity index (χ2v) is 5.50. The van der Waals surface area contributed by atoms with Crippen LogP contribution in [-0.4, -0.2) is 24.0 Å². The van der Waals surface area contributed by atoms with Gasteiger partial charge in [-0.25, -0.2) is 0 Å². The minimum absolute atomic E-state index is 0.0553. The first kappa shape index (κ1) is 12.2. The Labute approximate surface area is 105 Å². The highest BCUT2D eigenvalue weighted by Crippen LogP contribution is 2.38. The van der Waals surface area contributed by atoms with E-state index in [1.165, 1.54) is 0 Å². The van der Waals surface area contributed by atoms with Crippen LogP contribution in [0.25, 0.3) is 0 Å². The van der Waals surface area contributed by atoms with Gasteiger partial charge in [0.1, 0.15) is 0 Å². The Balaban J connectivity index is 2.45. The van der Waals surface area contributed by atoms with Crippen molar-refractivity contribution in [2.75, 3.05) is 11.9 Å². The van der Waals surface area contributed by atoms with Crippen LogP contribution in [0.15, 0.2) is 23.1 Å². The lowest BCUT2D eigenvalue weighted by Crippen LogP contribution is -2.36. The maximum Gasteiger partial charge on any atom is 0.239 e. The van der Waals surface area contributed by atoms with E-state index in [9.17, 15) is 9.59 Å². The number of nitrogens with zero attached hydrogens (tertiary/aromatic N) is 1. The third-order valence-electron chi connectivity index (χ3n) is 2.95. The van der Waals surface area contributed by atoms with Crippen LogP contribution in [0.2, 0.25) is 0 Å². The van der Waals surface area contributed by atoms with E-state index in [0.29, 0.717) is 12.0 Å². The number of rotatable bonds is 2. The van der Waals surface area contributed by atoms with Crippen LogP contribution in [0.5, 0.6) is 0 Å². The number of hydrogen-bond donors (Lipinski definition) is 0. The van der Waals surface area contributed by atoms with E-state index in [-0.39, 0.29) is 16.9 Å². The number of fused-ring (bicyclic) bond motifs is 1. The Kier molecular flexibility index (Phi) is 3.24. The number of benzene rings is 1. The average Bonchev–Trinajstić information content (AvgIpc) is 2.35. The van der Waals surface area contributed by atoms with Crippen molar-refractivity contribution in [3.8, 4) is 0 Å². The summed E-state index contributed by atoms with van der Waals surface area (Å²) in [5.41, 5.74) is 1.53. The number of ketones is 1. The molecule has 1 heterocycles. The number of amides is 1. The summed E-state index contributed by atoms with van der Waals surface area (Å²) in [5.74, 6) is 0.195. The maximum atomic E-state index is 11.9. The van der Waals surface area contributed by atoms with Gasteiger partial charge < -0.3 is 4.90 Å². The first-order valence-electron chi connectivity index (χ1n) is 5.66. The normalized spacial score (nSPS) is 19.1. The van der Waals surface area contributed by atoms with E-state index in [2.05, 4.69) is 0 Å². The standard InChI is InChI=1S/C13H15NO2S/c1-4-11(15)9-5-6-12-10(7-9)14(3)13(16)8(2)17-12/h5-8H,4H2,1-3H3. The van der Waals surface area contributed by atoms with E-state index < -0.39 is 0 Å². The Hall–Kier alpha value is -1.29. The zero-order valence-corrected chi connectivity index (χ0v) is 11.0. The van der Waals surface area contributed by atoms with Gasteiger partial charge in [-0.2, -0.15) is 0 Å². The van der Waals surface area contributed by atoms with Crippen molar-refractivity contribution in [3.63, 3.8) is 0 Å². The van der Waals surface area contributed by atoms with Crippen molar-refractivity contribution >= 4 is 29.1 Å². The molecule has 2 rings (SSSR count). The summed E-state index contributed by atoms with van der Waals surface area (Å²) in [6.07, 6.45) is 0.486. The highest BCUT2D eigenvalue weighted by atomic mass is 32.2. The van der Waals surface area contributed by atoms with E-state index >= 15 is 0 Å². The van der Waals surface area contributed by atoms with Gasteiger partial charge >= 0.3 is 0 Å². The summed E-state index contributed by atoms with van der Waals surface area (Å²) >= 11 is 1.55. The summed E-state index contributed by atoms with van der Waals surface area (Å²) < 4.78 is 0. The Morgan fingerprint density at radius 2 is 2.18 bits per heavy atom. The summed E-state index contributed by atoms with van der Waals surface area (Å²) in [6.45, 7) is 3.74. The van der Waals surface area contributed by atoms with Gasteiger partial charge in [0, 0.05) is 23.9 Å². The van der Waals surface area contributed by atoms with Gasteiger partial charge in [-0.1, -0.05) is 13.0 Å². The molecule has 1 atom stereocenters. The van der Waals surface area contributed by atoms with Crippen LogP contribution in [-0.2, 0) is 4.79 Å². The molecule has 0 saturated carbocycles. The van der Waals surface area contributed by atoms with E-state index in [1.54, 1.807) is 23.7 Å². The fourth-order valence-electron chi connectivity index (χ4n) is 1.89. The average molecular weight is 249 g/mol. The topological polar surface area (TPSA) is 37.4 Å². The molecular formula is C13H15NO2S. The molecular weight excluding hydrogens is 234 g/mol. The number of thioether (sulfide) groups is 1. The molecule has 1 aromatic rings. The number of carbonyl (C=O) groups is 2. The second kappa shape index (κ2) is 4.53. The summed E-state index contributed by atoms with van der Waals surface area (Å²) in [4.78, 5) is 26.2. The number of anilines is 1. The largest absolute Gasteiger partial charge is 0.313 e. The van der Waals surface area contributed by atoms with E-state index in [1.807, 2.05) is 32.0 Å². The molecule has 4 heteroatoms. The van der Waals surface area contributed by atoms with Crippen LogP contribution in [0.4, 0.5) is 5.69 Å². The SMILES string of the molecule is CCC(=O)c1ccc2c(c1)N(C)C(=O)C(C)S2. The summed E-state index contributed by atoms with van der Waals surface area (Å²) in [7, 11) is 1.76. The van der Waals surface area contributed by atoms with Gasteiger partial charge in [0.05, 0.1) is 10.9 Å². The molecule has 1 aromatic carbocycles. The lowest BCUT2D eigenvalue weighted by atomic mass is 10.1. The fourth-order valence-corrected chi connectivity index (χ4v) is 2.99. The first-order valence-corrected chi connectivity index (χ1v) is 6.54. The fraction of sp³-hybridized carbons (Fsp3) is 0.385. The van der Waals surface area contributed by atoms with Crippen molar-refractivity contribution in [2.45, 2.75) is 30.4 Å². The Morgan fingerprint density at radius 3 is 2.82 bits per heavy atom. The number of carbonyl (C=O) groups excluding carboxylic acids is 2. The van der Waals surface area contributed by atoms with Gasteiger partial charge in [-0.05, 0) is 19.1 Å². The molecule has 0 radical (unpaired) electrons. The smallest absolute Gasteiger partial charge is 0.239 e. The summed E-state index contributed by atoms with van der Waals surface area (Å²) in [5, 5.41) is -0.0553. The minimum atomic E-state index is -0.0553. The Morgan fingerprint density at radius 1 is 1.47 bits per heavy atom. The number of Topliss-reactive ketones (excluding diaryl/α,β-unsaturated/α-hetero) is 1. The monoisotopic (exact) mass is 249 g/mol. The molecule has 0 aliphatic carbocycles. The first-order chi connectivity index (χ1) is 8.04. The van der Waals surface area contributed by atoms with Crippen LogP contribution in [0.3, 0.4) is 0 Å². The van der Waals surface area contributed by atoms with Gasteiger partial charge in [0.15, 0.2) is 5.78 Å². The second-order valence-electron chi connectivity index (χ2n) is 4.12. The number of hydrogen-bond acceptors (Lipinski definition) is 3. The molecule has 90 valence electrons. The third kappa shape index (κ3) is 2.09. The van der Waals surface area contributed by atoms with Crippen molar-refractivity contribution in [1.29, 1.82) is 0 Å². The molecule has 0 aromatic heterocycles. The molecule has 17 heavy (non-hydrogen) atoms. The van der Waals surface area contributed by atoms with Gasteiger partial charge in [0.25, 0.3) is 0 Å². The lowest BCUT2D eigenvalue weighted by molar-refractivity contribution is -0.117. The van der Waals surface area contributed by atoms with Crippen molar-refractivity contribution < 1.29 is 9.59 Å². The quantitative estimate of drug-likeness (QED) is 0.756. The van der Waals surface area contributed by atoms with E-state index in [0.717, 1.165) is 10.6 Å². The van der Waals surface area contributed by atoms with Gasteiger partial charge in [-0.3, -0.25) is 9.59 Å². The van der Waals surface area contributed by atoms with Crippen LogP contribution in [0, 0.1) is 0 Å². The van der Waals surface area contributed by atoms with E-state index in [4.69, 9.17) is 0 Å². The summed E-state index contributed by atoms with van der Waals surface area (Å²) in [6, 6.07) is 5.59. The minimum Gasteiger partial charge on any atom is -0.313 e. The molecule has 0 N–H and O–H groups in total. The van der Waals surface area contributed by atoms with Crippen molar-refractivity contribution in [2.24, 2.45) is 0 Å². The van der Waals surface area contributed by atoms with Gasteiger partial charge in [0.2, 0.25) is 5.91 Å². The van der Waals surface area contributed by atoms with Crippen LogP contribution in [0.1, 0.15) is 30.6 Å². The molecule has 0 fully saturated rings. The zero-order chi connectivity index (χ0) is 12.6. The van der Waals surface area contributed by atoms with Gasteiger partial charge in [-0.15, -0.1) is 11.8 Å². The molecule has 0 bridgehead atoms. The zero-order valence-electron chi connectivity index (χ0n) is 10.2. The maximum absolute atomic E-state index is 11.9. The van der Waals surface area contributed by atoms with Crippen molar-refractivity contribution in [3.05, 3.63) is 23.8 Å².